The van der Waals surface area contributed by atoms with E-state index in [1.54, 1.807) is 0 Å². The molecule has 0 radical (unpaired) electrons. The summed E-state index contributed by atoms with van der Waals surface area (Å²) < 4.78 is 1.20. The lowest BCUT2D eigenvalue weighted by molar-refractivity contribution is -0.164. The number of rotatable bonds is 10. The van der Waals surface area contributed by atoms with Crippen LogP contribution < -0.4 is 5.73 Å². The van der Waals surface area contributed by atoms with Crippen molar-refractivity contribution >= 4 is 37.3 Å². The molecule has 3 atom stereocenters. The smallest absolute Gasteiger partial charge is 0.307 e. The van der Waals surface area contributed by atoms with E-state index in [0.717, 1.165) is 5.56 Å². The molecule has 1 aromatic carbocycles. The minimum atomic E-state index is -0.976. The van der Waals surface area contributed by atoms with Gasteiger partial charge in [0.15, 0.2) is 0 Å². The summed E-state index contributed by atoms with van der Waals surface area (Å²) in [5.74, 6) is -2.78. The van der Waals surface area contributed by atoms with Gasteiger partial charge in [0.05, 0.1) is 17.7 Å². The molecule has 0 aliphatic rings. The fraction of sp³-hybridized carbons (Fsp3) is 0.667. The number of amides is 1. The van der Waals surface area contributed by atoms with Crippen molar-refractivity contribution in [3.05, 3.63) is 35.9 Å². The third-order valence-electron chi connectivity index (χ3n) is 7.02. The van der Waals surface area contributed by atoms with E-state index in [1.165, 1.54) is 4.31 Å². The average Bonchev–Trinajstić information content (AvgIpc) is 2.68. The second-order valence-electron chi connectivity index (χ2n) is 10.7. The fourth-order valence-electron chi connectivity index (χ4n) is 4.47. The number of nitrogens with two attached hydrogens (primary N) is 1. The van der Waals surface area contributed by atoms with Gasteiger partial charge in [-0.05, 0) is 40.7 Å². The van der Waals surface area contributed by atoms with E-state index in [0.29, 0.717) is 13.0 Å². The van der Waals surface area contributed by atoms with Gasteiger partial charge in [0.2, 0.25) is 5.91 Å². The maximum absolute atomic E-state index is 13.3. The van der Waals surface area contributed by atoms with Gasteiger partial charge in [0.25, 0.3) is 0 Å². The van der Waals surface area contributed by atoms with Crippen LogP contribution in [0.1, 0.15) is 66.4 Å². The number of hydrogen-bond acceptors (Lipinski definition) is 5. The summed E-state index contributed by atoms with van der Waals surface area (Å²) in [5, 5.41) is 10.4. The van der Waals surface area contributed by atoms with Gasteiger partial charge in [-0.15, -0.1) is 0 Å². The number of carboxylic acid groups (broad SMARTS) is 1. The van der Waals surface area contributed by atoms with E-state index in [4.69, 9.17) is 5.73 Å². The quantitative estimate of drug-likeness (QED) is 0.284. The summed E-state index contributed by atoms with van der Waals surface area (Å²) >= 11 is 8.40. The molecule has 3 unspecified atom stereocenters. The fourth-order valence-corrected chi connectivity index (χ4v) is 4.74. The summed E-state index contributed by atoms with van der Waals surface area (Å²) in [5.41, 5.74) is 5.54. The molecule has 0 aliphatic carbocycles. The zero-order valence-corrected chi connectivity index (χ0v) is 21.7. The van der Waals surface area contributed by atoms with Gasteiger partial charge >= 0.3 is 5.97 Å². The topological polar surface area (TPSA) is 83.6 Å². The first-order valence-corrected chi connectivity index (χ1v) is 11.7. The van der Waals surface area contributed by atoms with Gasteiger partial charge in [-0.2, -0.15) is 12.6 Å². The first kappa shape index (κ1) is 27.9. The van der Waals surface area contributed by atoms with Crippen molar-refractivity contribution in [2.75, 3.05) is 12.4 Å². The number of thiol groups is 2. The Labute approximate surface area is 199 Å². The highest BCUT2D eigenvalue weighted by atomic mass is 32.1. The van der Waals surface area contributed by atoms with Crippen LogP contribution in [0.3, 0.4) is 0 Å². The Kier molecular flexibility index (Phi) is 9.55. The second-order valence-corrected chi connectivity index (χ2v) is 11.5. The van der Waals surface area contributed by atoms with Gasteiger partial charge in [-0.25, -0.2) is 0 Å². The summed E-state index contributed by atoms with van der Waals surface area (Å²) in [4.78, 5) is 25.9. The number of hydrogen-bond donors (Lipinski definition) is 4. The van der Waals surface area contributed by atoms with Gasteiger partial charge < -0.3 is 10.8 Å². The molecule has 0 saturated carbocycles. The van der Waals surface area contributed by atoms with Gasteiger partial charge in [-0.1, -0.05) is 91.6 Å². The van der Waals surface area contributed by atoms with Crippen molar-refractivity contribution in [2.45, 2.75) is 60.8 Å². The average molecular weight is 469 g/mol. The van der Waals surface area contributed by atoms with Crippen molar-refractivity contribution in [2.24, 2.45) is 33.8 Å². The van der Waals surface area contributed by atoms with Crippen LogP contribution >= 0.6 is 25.4 Å². The Hall–Kier alpha value is -1.18. The molecule has 1 aromatic rings. The van der Waals surface area contributed by atoms with Crippen LogP contribution in [0.2, 0.25) is 0 Å². The Morgan fingerprint density at radius 2 is 1.55 bits per heavy atom. The van der Waals surface area contributed by atoms with Crippen molar-refractivity contribution in [3.63, 3.8) is 0 Å². The number of carboxylic acids is 1. The van der Waals surface area contributed by atoms with Crippen molar-refractivity contribution in [1.29, 1.82) is 0 Å². The number of nitrogens with zero attached hydrogens (tertiary/aromatic N) is 1. The standard InChI is InChI=1S/C24H40N2O3S2/c1-22(2,3)18(20(27)26(31)15-30)19(21(28)29)24(6,7)23(4,5)13-17(14-25)16-11-9-8-10-12-16/h8-12,17-19,30-31H,13-15,25H2,1-7H3,(H,28,29). The van der Waals surface area contributed by atoms with Gasteiger partial charge in [0, 0.05) is 0 Å². The molecule has 0 aromatic heterocycles. The predicted octanol–water partition coefficient (Wildman–Crippen LogP) is 5.10. The van der Waals surface area contributed by atoms with Crippen molar-refractivity contribution < 1.29 is 14.7 Å². The molecule has 7 heteroatoms. The normalized spacial score (nSPS) is 15.8. The van der Waals surface area contributed by atoms with E-state index in [-0.39, 0.29) is 17.7 Å². The molecule has 176 valence electrons. The molecule has 5 nitrogen and oxygen atoms in total. The van der Waals surface area contributed by atoms with E-state index in [1.807, 2.05) is 52.8 Å². The van der Waals surface area contributed by atoms with E-state index in [2.05, 4.69) is 51.4 Å². The predicted molar refractivity (Wildman–Crippen MR) is 134 cm³/mol. The van der Waals surface area contributed by atoms with Crippen LogP contribution in [0.5, 0.6) is 0 Å². The second kappa shape index (κ2) is 10.6. The first-order chi connectivity index (χ1) is 14.1. The number of carbonyl (C=O) groups excluding carboxylic acids is 1. The number of aliphatic carboxylic acids is 1. The molecule has 1 amide bonds. The minimum Gasteiger partial charge on any atom is -0.481 e. The Bertz CT molecular complexity index is 745. The Morgan fingerprint density at radius 3 is 1.94 bits per heavy atom. The highest BCUT2D eigenvalue weighted by Crippen LogP contribution is 2.54. The summed E-state index contributed by atoms with van der Waals surface area (Å²) in [7, 11) is 0. The summed E-state index contributed by atoms with van der Waals surface area (Å²) in [6.07, 6.45) is 0.701. The van der Waals surface area contributed by atoms with Crippen LogP contribution in [0, 0.1) is 28.1 Å². The van der Waals surface area contributed by atoms with E-state index >= 15 is 0 Å². The summed E-state index contributed by atoms with van der Waals surface area (Å²) in [6.45, 7) is 14.3. The van der Waals surface area contributed by atoms with E-state index < -0.39 is 34.1 Å². The largest absolute Gasteiger partial charge is 0.481 e. The van der Waals surface area contributed by atoms with Gasteiger partial charge in [0.1, 0.15) is 0 Å². The lowest BCUT2D eigenvalue weighted by Gasteiger charge is -2.51. The molecule has 0 heterocycles. The van der Waals surface area contributed by atoms with Crippen molar-refractivity contribution in [3.8, 4) is 0 Å². The molecule has 31 heavy (non-hydrogen) atoms. The Morgan fingerprint density at radius 1 is 1.03 bits per heavy atom. The Balaban J connectivity index is 3.46. The zero-order valence-electron chi connectivity index (χ0n) is 19.9. The third-order valence-corrected chi connectivity index (χ3v) is 7.87. The molecular weight excluding hydrogens is 428 g/mol. The monoisotopic (exact) mass is 468 g/mol. The molecule has 0 saturated heterocycles. The maximum atomic E-state index is 13.3. The maximum Gasteiger partial charge on any atom is 0.307 e. The number of carbonyl (C=O) groups is 2. The van der Waals surface area contributed by atoms with Crippen LogP contribution in [0.15, 0.2) is 30.3 Å². The molecule has 1 rings (SSSR count). The van der Waals surface area contributed by atoms with Crippen LogP contribution in [-0.4, -0.2) is 33.7 Å². The van der Waals surface area contributed by atoms with E-state index in [9.17, 15) is 14.7 Å². The van der Waals surface area contributed by atoms with Gasteiger partial charge in [-0.3, -0.25) is 13.9 Å². The molecule has 3 N–H and O–H groups in total. The first-order valence-electron chi connectivity index (χ1n) is 10.7. The lowest BCUT2D eigenvalue weighted by Crippen LogP contribution is -2.53. The summed E-state index contributed by atoms with van der Waals surface area (Å²) in [6, 6.07) is 10.1. The van der Waals surface area contributed by atoms with Crippen molar-refractivity contribution in [1.82, 2.24) is 4.31 Å². The molecule has 0 spiro atoms. The lowest BCUT2D eigenvalue weighted by atomic mass is 9.52. The molecular formula is C24H40N2O3S2. The molecule has 0 bridgehead atoms. The van der Waals surface area contributed by atoms with Crippen LogP contribution in [0.25, 0.3) is 0 Å². The SMILES string of the molecule is CC(C)(C)C(C(=O)N(S)CS)C(C(=O)O)C(C)(C)C(C)(C)CC(CN)c1ccccc1. The number of benzene rings is 1. The zero-order chi connectivity index (χ0) is 24.2. The highest BCUT2D eigenvalue weighted by molar-refractivity contribution is 7.83. The highest BCUT2D eigenvalue weighted by Gasteiger charge is 2.55. The van der Waals surface area contributed by atoms with Crippen LogP contribution in [-0.2, 0) is 9.59 Å². The van der Waals surface area contributed by atoms with Crippen LogP contribution in [0.4, 0.5) is 0 Å². The molecule has 0 aliphatic heterocycles. The minimum absolute atomic E-state index is 0.0903. The molecule has 0 fully saturated rings. The third kappa shape index (κ3) is 6.42.